The minimum atomic E-state index is -4.61. The van der Waals surface area contributed by atoms with Crippen LogP contribution in [0.4, 0.5) is 13.2 Å². The second-order valence-electron chi connectivity index (χ2n) is 3.72. The van der Waals surface area contributed by atoms with E-state index in [2.05, 4.69) is 14.7 Å². The zero-order chi connectivity index (χ0) is 12.0. The molecule has 1 aromatic rings. The van der Waals surface area contributed by atoms with Crippen LogP contribution in [0.2, 0.25) is 0 Å². The molecule has 1 aliphatic rings. The lowest BCUT2D eigenvalue weighted by atomic mass is 9.93. The zero-order valence-corrected chi connectivity index (χ0v) is 9.23. The summed E-state index contributed by atoms with van der Waals surface area (Å²) < 4.78 is 41.0. The van der Waals surface area contributed by atoms with E-state index < -0.39 is 17.6 Å². The number of nitrogens with zero attached hydrogens (tertiary/aromatic N) is 2. The SMILES string of the molecule is CC1SCCC1(N)c1noc(C(F)(F)F)n1. The quantitative estimate of drug-likeness (QED) is 0.826. The molecule has 0 spiro atoms. The van der Waals surface area contributed by atoms with Crippen LogP contribution in [0.5, 0.6) is 0 Å². The summed E-state index contributed by atoms with van der Waals surface area (Å²) in [4.78, 5) is 3.34. The van der Waals surface area contributed by atoms with Gasteiger partial charge in [-0.05, 0) is 12.2 Å². The largest absolute Gasteiger partial charge is 0.471 e. The Morgan fingerprint density at radius 2 is 2.25 bits per heavy atom. The van der Waals surface area contributed by atoms with E-state index in [4.69, 9.17) is 5.73 Å². The van der Waals surface area contributed by atoms with Crippen LogP contribution >= 0.6 is 11.8 Å². The molecular weight excluding hydrogens is 243 g/mol. The van der Waals surface area contributed by atoms with Crippen LogP contribution in [0.15, 0.2) is 4.52 Å². The van der Waals surface area contributed by atoms with Crippen molar-refractivity contribution in [3.63, 3.8) is 0 Å². The van der Waals surface area contributed by atoms with E-state index in [1.165, 1.54) is 0 Å². The second-order valence-corrected chi connectivity index (χ2v) is 5.17. The summed E-state index contributed by atoms with van der Waals surface area (Å²) in [5.41, 5.74) is 5.09. The maximum absolute atomic E-state index is 12.3. The molecule has 1 fully saturated rings. The molecular formula is C8H10F3N3OS. The molecule has 1 aliphatic heterocycles. The van der Waals surface area contributed by atoms with Crippen molar-refractivity contribution in [3.8, 4) is 0 Å². The zero-order valence-electron chi connectivity index (χ0n) is 8.41. The lowest BCUT2D eigenvalue weighted by molar-refractivity contribution is -0.159. The smallest absolute Gasteiger partial charge is 0.329 e. The molecule has 2 N–H and O–H groups in total. The van der Waals surface area contributed by atoms with Crippen LogP contribution < -0.4 is 5.73 Å². The first-order chi connectivity index (χ1) is 7.34. The molecule has 0 bridgehead atoms. The second kappa shape index (κ2) is 3.63. The van der Waals surface area contributed by atoms with Crippen LogP contribution in [0.25, 0.3) is 0 Å². The Morgan fingerprint density at radius 3 is 2.69 bits per heavy atom. The predicted octanol–water partition coefficient (Wildman–Crippen LogP) is 1.77. The fourth-order valence-corrected chi connectivity index (χ4v) is 2.91. The van der Waals surface area contributed by atoms with Crippen LogP contribution in [0, 0.1) is 0 Å². The lowest BCUT2D eigenvalue weighted by Gasteiger charge is -2.23. The summed E-state index contributed by atoms with van der Waals surface area (Å²) in [6.07, 6.45) is -4.06. The Balaban J connectivity index is 2.32. The van der Waals surface area contributed by atoms with Crippen LogP contribution in [0.3, 0.4) is 0 Å². The van der Waals surface area contributed by atoms with Crippen molar-refractivity contribution < 1.29 is 17.7 Å². The number of aromatic nitrogens is 2. The summed E-state index contributed by atoms with van der Waals surface area (Å²) in [5, 5.41) is 3.32. The van der Waals surface area contributed by atoms with Gasteiger partial charge in [-0.3, -0.25) is 0 Å². The number of thioether (sulfide) groups is 1. The minimum absolute atomic E-state index is 0.0221. The monoisotopic (exact) mass is 253 g/mol. The van der Waals surface area contributed by atoms with Gasteiger partial charge in [0.25, 0.3) is 0 Å². The van der Waals surface area contributed by atoms with Gasteiger partial charge in [0, 0.05) is 5.25 Å². The Kier molecular flexibility index (Phi) is 2.66. The number of nitrogens with two attached hydrogens (primary N) is 1. The molecule has 1 saturated heterocycles. The molecule has 2 atom stereocenters. The van der Waals surface area contributed by atoms with E-state index in [1.54, 1.807) is 11.8 Å². The third-order valence-electron chi connectivity index (χ3n) is 2.69. The van der Waals surface area contributed by atoms with Gasteiger partial charge in [0.15, 0.2) is 5.82 Å². The summed E-state index contributed by atoms with van der Waals surface area (Å²) in [5.74, 6) is -0.609. The van der Waals surface area contributed by atoms with Gasteiger partial charge in [0.05, 0.1) is 5.54 Å². The third kappa shape index (κ3) is 1.80. The van der Waals surface area contributed by atoms with Crippen molar-refractivity contribution in [3.05, 3.63) is 11.7 Å². The van der Waals surface area contributed by atoms with Gasteiger partial charge < -0.3 is 10.3 Å². The fraction of sp³-hybridized carbons (Fsp3) is 0.750. The van der Waals surface area contributed by atoms with E-state index in [0.717, 1.165) is 5.75 Å². The number of rotatable bonds is 1. The highest BCUT2D eigenvalue weighted by molar-refractivity contribution is 8.00. The van der Waals surface area contributed by atoms with E-state index in [0.29, 0.717) is 6.42 Å². The molecule has 2 heterocycles. The number of halogens is 3. The molecule has 0 aliphatic carbocycles. The third-order valence-corrected chi connectivity index (χ3v) is 4.05. The summed E-state index contributed by atoms with van der Waals surface area (Å²) in [6.45, 7) is 1.85. The topological polar surface area (TPSA) is 64.9 Å². The van der Waals surface area contributed by atoms with Crippen molar-refractivity contribution in [2.45, 2.75) is 30.3 Å². The molecule has 0 aromatic carbocycles. The van der Waals surface area contributed by atoms with Gasteiger partial charge in [-0.2, -0.15) is 29.9 Å². The molecule has 1 aromatic heterocycles. The van der Waals surface area contributed by atoms with Gasteiger partial charge in [0.1, 0.15) is 0 Å². The molecule has 90 valence electrons. The van der Waals surface area contributed by atoms with Crippen molar-refractivity contribution >= 4 is 11.8 Å². The average Bonchev–Trinajstić information content (AvgIpc) is 2.74. The molecule has 2 rings (SSSR count). The van der Waals surface area contributed by atoms with E-state index >= 15 is 0 Å². The minimum Gasteiger partial charge on any atom is -0.329 e. The van der Waals surface area contributed by atoms with Gasteiger partial charge in [-0.1, -0.05) is 12.1 Å². The van der Waals surface area contributed by atoms with Crippen LogP contribution in [0.1, 0.15) is 25.1 Å². The van der Waals surface area contributed by atoms with Crippen molar-refractivity contribution in [1.29, 1.82) is 0 Å². The van der Waals surface area contributed by atoms with E-state index in [-0.39, 0.29) is 11.1 Å². The number of hydrogen-bond acceptors (Lipinski definition) is 5. The Hall–Kier alpha value is -0.760. The molecule has 0 saturated carbocycles. The molecule has 0 amide bonds. The molecule has 4 nitrogen and oxygen atoms in total. The molecule has 0 radical (unpaired) electrons. The molecule has 16 heavy (non-hydrogen) atoms. The Morgan fingerprint density at radius 1 is 1.56 bits per heavy atom. The molecule has 2 unspecified atom stereocenters. The average molecular weight is 253 g/mol. The van der Waals surface area contributed by atoms with Gasteiger partial charge in [-0.15, -0.1) is 0 Å². The van der Waals surface area contributed by atoms with Crippen molar-refractivity contribution in [1.82, 2.24) is 10.1 Å². The molecule has 8 heteroatoms. The van der Waals surface area contributed by atoms with Crippen molar-refractivity contribution in [2.24, 2.45) is 5.73 Å². The highest BCUT2D eigenvalue weighted by atomic mass is 32.2. The van der Waals surface area contributed by atoms with Crippen LogP contribution in [-0.4, -0.2) is 21.1 Å². The summed E-state index contributed by atoms with van der Waals surface area (Å²) in [7, 11) is 0. The predicted molar refractivity (Wildman–Crippen MR) is 51.7 cm³/mol. The van der Waals surface area contributed by atoms with Crippen LogP contribution in [-0.2, 0) is 11.7 Å². The van der Waals surface area contributed by atoms with Gasteiger partial charge in [-0.25, -0.2) is 0 Å². The first kappa shape index (κ1) is 11.7. The fourth-order valence-electron chi connectivity index (χ4n) is 1.58. The number of alkyl halides is 3. The first-order valence-corrected chi connectivity index (χ1v) is 5.71. The standard InChI is InChI=1S/C8H10F3N3OS/c1-4-7(12,2-3-16-4)5-13-6(15-14-5)8(9,10)11/h4H,2-3,12H2,1H3. The summed E-state index contributed by atoms with van der Waals surface area (Å²) >= 11 is 1.59. The Labute approximate surface area is 93.8 Å². The Bertz CT molecular complexity index is 394. The van der Waals surface area contributed by atoms with Gasteiger partial charge >= 0.3 is 12.1 Å². The highest BCUT2D eigenvalue weighted by Gasteiger charge is 2.46. The summed E-state index contributed by atoms with van der Waals surface area (Å²) in [6, 6.07) is 0. The lowest BCUT2D eigenvalue weighted by Crippen LogP contribution is -2.42. The highest BCUT2D eigenvalue weighted by Crippen LogP contribution is 2.40. The normalized spacial score (nSPS) is 30.9. The van der Waals surface area contributed by atoms with Crippen molar-refractivity contribution in [2.75, 3.05) is 5.75 Å². The maximum atomic E-state index is 12.3. The van der Waals surface area contributed by atoms with Gasteiger partial charge in [0.2, 0.25) is 0 Å². The first-order valence-electron chi connectivity index (χ1n) is 4.66. The maximum Gasteiger partial charge on any atom is 0.471 e. The number of hydrogen-bond donors (Lipinski definition) is 1. The van der Waals surface area contributed by atoms with E-state index in [1.807, 2.05) is 6.92 Å². The van der Waals surface area contributed by atoms with E-state index in [9.17, 15) is 13.2 Å².